The summed E-state index contributed by atoms with van der Waals surface area (Å²) in [4.78, 5) is 0.238. The summed E-state index contributed by atoms with van der Waals surface area (Å²) < 4.78 is 24.7. The van der Waals surface area contributed by atoms with Gasteiger partial charge in [0.15, 0.2) is 0 Å². The van der Waals surface area contributed by atoms with Gasteiger partial charge in [-0.25, -0.2) is 12.7 Å². The second kappa shape index (κ2) is 4.20. The quantitative estimate of drug-likeness (QED) is 0.787. The molecule has 0 saturated carbocycles. The van der Waals surface area contributed by atoms with Gasteiger partial charge in [-0.15, -0.1) is 0 Å². The minimum atomic E-state index is -3.37. The highest BCUT2D eigenvalue weighted by atomic mass is 32.2. The molecule has 84 valence electrons. The molecular formula is C10H16N2O2S. The maximum Gasteiger partial charge on any atom is 0.242 e. The van der Waals surface area contributed by atoms with E-state index in [0.29, 0.717) is 5.69 Å². The zero-order valence-electron chi connectivity index (χ0n) is 9.19. The summed E-state index contributed by atoms with van der Waals surface area (Å²) in [5.74, 6) is 0. The minimum Gasteiger partial charge on any atom is -0.398 e. The first-order valence-electron chi connectivity index (χ1n) is 4.70. The Morgan fingerprint density at radius 3 is 2.33 bits per heavy atom. The topological polar surface area (TPSA) is 63.4 Å². The Morgan fingerprint density at radius 1 is 1.33 bits per heavy atom. The van der Waals surface area contributed by atoms with E-state index in [1.54, 1.807) is 12.1 Å². The second-order valence-corrected chi connectivity index (χ2v) is 5.65. The summed E-state index contributed by atoms with van der Waals surface area (Å²) in [5.41, 5.74) is 7.24. The average Bonchev–Trinajstić information content (AvgIpc) is 2.17. The molecular weight excluding hydrogens is 212 g/mol. The van der Waals surface area contributed by atoms with Crippen LogP contribution in [0.15, 0.2) is 23.1 Å². The Morgan fingerprint density at radius 2 is 1.93 bits per heavy atom. The maximum absolute atomic E-state index is 11.8. The second-order valence-electron chi connectivity index (χ2n) is 3.50. The van der Waals surface area contributed by atoms with Crippen molar-refractivity contribution in [3.63, 3.8) is 0 Å². The van der Waals surface area contributed by atoms with Crippen molar-refractivity contribution >= 4 is 15.7 Å². The lowest BCUT2D eigenvalue weighted by molar-refractivity contribution is 0.521. The van der Waals surface area contributed by atoms with E-state index in [9.17, 15) is 8.42 Å². The molecule has 1 aromatic rings. The van der Waals surface area contributed by atoms with Crippen LogP contribution < -0.4 is 5.73 Å². The molecule has 0 aromatic heterocycles. The van der Waals surface area contributed by atoms with Crippen LogP contribution in [0.5, 0.6) is 0 Å². The molecule has 0 radical (unpaired) electrons. The number of sulfonamides is 1. The Hall–Kier alpha value is -1.07. The lowest BCUT2D eigenvalue weighted by atomic mass is 10.1. The molecule has 0 bridgehead atoms. The third-order valence-corrected chi connectivity index (χ3v) is 4.09. The van der Waals surface area contributed by atoms with Crippen LogP contribution in [0.2, 0.25) is 0 Å². The zero-order chi connectivity index (χ0) is 11.6. The predicted molar refractivity (Wildman–Crippen MR) is 61.1 cm³/mol. The van der Waals surface area contributed by atoms with Crippen LogP contribution in [-0.2, 0) is 16.4 Å². The van der Waals surface area contributed by atoms with Gasteiger partial charge < -0.3 is 5.73 Å². The molecule has 2 N–H and O–H groups in total. The van der Waals surface area contributed by atoms with Gasteiger partial charge in [0.25, 0.3) is 0 Å². The first kappa shape index (κ1) is 12.0. The Balaban J connectivity index is 3.25. The maximum atomic E-state index is 11.8. The Kier molecular flexibility index (Phi) is 3.36. The van der Waals surface area contributed by atoms with Crippen molar-refractivity contribution in [3.05, 3.63) is 23.8 Å². The van der Waals surface area contributed by atoms with E-state index >= 15 is 0 Å². The molecule has 0 amide bonds. The van der Waals surface area contributed by atoms with Crippen molar-refractivity contribution in [2.24, 2.45) is 0 Å². The Labute approximate surface area is 90.8 Å². The number of rotatable bonds is 3. The van der Waals surface area contributed by atoms with Gasteiger partial charge in [-0.05, 0) is 24.1 Å². The van der Waals surface area contributed by atoms with Crippen LogP contribution in [0.1, 0.15) is 12.5 Å². The van der Waals surface area contributed by atoms with E-state index < -0.39 is 10.0 Å². The number of hydrogen-bond acceptors (Lipinski definition) is 3. The number of nitrogens with two attached hydrogens (primary N) is 1. The summed E-state index contributed by atoms with van der Waals surface area (Å²) in [6.45, 7) is 1.98. The van der Waals surface area contributed by atoms with Gasteiger partial charge >= 0.3 is 0 Å². The first-order valence-corrected chi connectivity index (χ1v) is 6.14. The molecule has 0 saturated heterocycles. The summed E-state index contributed by atoms with van der Waals surface area (Å²) in [5, 5.41) is 0. The molecule has 0 aliphatic rings. The van der Waals surface area contributed by atoms with Crippen molar-refractivity contribution in [1.29, 1.82) is 0 Å². The SMILES string of the molecule is CCc1ccc(S(=O)(=O)N(C)C)cc1N. The van der Waals surface area contributed by atoms with Gasteiger partial charge in [0, 0.05) is 19.8 Å². The molecule has 0 aliphatic carbocycles. The van der Waals surface area contributed by atoms with Gasteiger partial charge in [0.1, 0.15) is 0 Å². The lowest BCUT2D eigenvalue weighted by Crippen LogP contribution is -2.22. The molecule has 1 rings (SSSR count). The monoisotopic (exact) mass is 228 g/mol. The highest BCUT2D eigenvalue weighted by Crippen LogP contribution is 2.20. The first-order chi connectivity index (χ1) is 6.89. The van der Waals surface area contributed by atoms with Gasteiger partial charge in [-0.2, -0.15) is 0 Å². The van der Waals surface area contributed by atoms with Crippen molar-refractivity contribution in [2.45, 2.75) is 18.2 Å². The van der Waals surface area contributed by atoms with Gasteiger partial charge in [-0.3, -0.25) is 0 Å². The van der Waals surface area contributed by atoms with Crippen LogP contribution in [-0.4, -0.2) is 26.8 Å². The number of hydrogen-bond donors (Lipinski definition) is 1. The summed E-state index contributed by atoms with van der Waals surface area (Å²) in [6.07, 6.45) is 0.800. The van der Waals surface area contributed by atoms with E-state index in [4.69, 9.17) is 5.73 Å². The average molecular weight is 228 g/mol. The number of anilines is 1. The van der Waals surface area contributed by atoms with Crippen molar-refractivity contribution in [1.82, 2.24) is 4.31 Å². The fraction of sp³-hybridized carbons (Fsp3) is 0.400. The van der Waals surface area contributed by atoms with Crippen molar-refractivity contribution in [2.75, 3.05) is 19.8 Å². The number of nitrogens with zero attached hydrogens (tertiary/aromatic N) is 1. The summed E-state index contributed by atoms with van der Waals surface area (Å²) >= 11 is 0. The normalized spacial score (nSPS) is 12.0. The minimum absolute atomic E-state index is 0.238. The van der Waals surface area contributed by atoms with Crippen LogP contribution in [0.25, 0.3) is 0 Å². The van der Waals surface area contributed by atoms with E-state index in [-0.39, 0.29) is 4.90 Å². The van der Waals surface area contributed by atoms with Crippen molar-refractivity contribution in [3.8, 4) is 0 Å². The highest BCUT2D eigenvalue weighted by molar-refractivity contribution is 7.89. The lowest BCUT2D eigenvalue weighted by Gasteiger charge is -2.12. The van der Waals surface area contributed by atoms with Crippen molar-refractivity contribution < 1.29 is 8.42 Å². The molecule has 0 heterocycles. The van der Waals surface area contributed by atoms with Crippen LogP contribution in [0.3, 0.4) is 0 Å². The molecule has 0 unspecified atom stereocenters. The van der Waals surface area contributed by atoms with Gasteiger partial charge in [0.05, 0.1) is 4.90 Å². The van der Waals surface area contributed by atoms with E-state index in [0.717, 1.165) is 12.0 Å². The molecule has 5 heteroatoms. The zero-order valence-corrected chi connectivity index (χ0v) is 10.0. The largest absolute Gasteiger partial charge is 0.398 e. The van der Waals surface area contributed by atoms with Gasteiger partial charge in [-0.1, -0.05) is 13.0 Å². The van der Waals surface area contributed by atoms with Crippen LogP contribution in [0, 0.1) is 0 Å². The Bertz CT molecular complexity index is 452. The van der Waals surface area contributed by atoms with Crippen LogP contribution >= 0.6 is 0 Å². The number of nitrogen functional groups attached to an aromatic ring is 1. The standard InChI is InChI=1S/C10H16N2O2S/c1-4-8-5-6-9(7-10(8)11)15(13,14)12(2)3/h5-7H,4,11H2,1-3H3. The molecule has 0 aliphatic heterocycles. The molecule has 0 atom stereocenters. The molecule has 4 nitrogen and oxygen atoms in total. The fourth-order valence-corrected chi connectivity index (χ4v) is 2.20. The predicted octanol–water partition coefficient (Wildman–Crippen LogP) is 1.08. The number of benzene rings is 1. The van der Waals surface area contributed by atoms with E-state index in [1.807, 2.05) is 6.92 Å². The molecule has 15 heavy (non-hydrogen) atoms. The molecule has 0 fully saturated rings. The summed E-state index contributed by atoms with van der Waals surface area (Å²) in [6, 6.07) is 4.85. The third kappa shape index (κ3) is 2.30. The van der Waals surface area contributed by atoms with Crippen LogP contribution in [0.4, 0.5) is 5.69 Å². The van der Waals surface area contributed by atoms with E-state index in [2.05, 4.69) is 0 Å². The van der Waals surface area contributed by atoms with Gasteiger partial charge in [0.2, 0.25) is 10.0 Å². The summed E-state index contributed by atoms with van der Waals surface area (Å²) in [7, 11) is -0.373. The number of aryl methyl sites for hydroxylation is 1. The van der Waals surface area contributed by atoms with E-state index in [1.165, 1.54) is 24.5 Å². The third-order valence-electron chi connectivity index (χ3n) is 2.28. The molecule has 0 spiro atoms. The highest BCUT2D eigenvalue weighted by Gasteiger charge is 2.17. The molecule has 1 aromatic carbocycles. The fourth-order valence-electron chi connectivity index (χ4n) is 1.27. The smallest absolute Gasteiger partial charge is 0.242 e.